The van der Waals surface area contributed by atoms with Gasteiger partial charge >= 0.3 is 0 Å². The van der Waals surface area contributed by atoms with E-state index in [0.29, 0.717) is 24.1 Å². The normalized spacial score (nSPS) is 15.3. The second kappa shape index (κ2) is 6.99. The van der Waals surface area contributed by atoms with Crippen molar-refractivity contribution >= 4 is 5.91 Å². The van der Waals surface area contributed by atoms with Crippen molar-refractivity contribution in [3.8, 4) is 0 Å². The van der Waals surface area contributed by atoms with Gasteiger partial charge in [-0.3, -0.25) is 9.89 Å². The molecule has 3 rings (SSSR count). The Labute approximate surface area is 137 Å². The van der Waals surface area contributed by atoms with Crippen LogP contribution < -0.4 is 5.32 Å². The SMILES string of the molecule is CC(C)C(CNC(=O)c1n[nH]c2c1CCCC2)c1ccccc1. The van der Waals surface area contributed by atoms with Gasteiger partial charge in [-0.15, -0.1) is 0 Å². The third kappa shape index (κ3) is 3.46. The Morgan fingerprint density at radius 3 is 2.70 bits per heavy atom. The first-order valence-corrected chi connectivity index (χ1v) is 8.56. The largest absolute Gasteiger partial charge is 0.350 e. The lowest BCUT2D eigenvalue weighted by atomic mass is 9.88. The molecule has 0 radical (unpaired) electrons. The minimum absolute atomic E-state index is 0.0500. The van der Waals surface area contributed by atoms with Crippen LogP contribution in [0.4, 0.5) is 0 Å². The van der Waals surface area contributed by atoms with Crippen LogP contribution >= 0.6 is 0 Å². The zero-order valence-electron chi connectivity index (χ0n) is 13.9. The molecule has 1 aromatic heterocycles. The summed E-state index contributed by atoms with van der Waals surface area (Å²) in [4.78, 5) is 12.5. The van der Waals surface area contributed by atoms with E-state index in [0.717, 1.165) is 30.5 Å². The molecule has 1 atom stereocenters. The highest BCUT2D eigenvalue weighted by atomic mass is 16.1. The highest BCUT2D eigenvalue weighted by molar-refractivity contribution is 5.94. The van der Waals surface area contributed by atoms with Crippen molar-refractivity contribution in [1.82, 2.24) is 15.5 Å². The molecule has 1 heterocycles. The van der Waals surface area contributed by atoms with Gasteiger partial charge in [0, 0.05) is 23.7 Å². The summed E-state index contributed by atoms with van der Waals surface area (Å²) < 4.78 is 0. The van der Waals surface area contributed by atoms with Crippen molar-refractivity contribution in [2.24, 2.45) is 5.92 Å². The molecule has 4 nitrogen and oxygen atoms in total. The summed E-state index contributed by atoms with van der Waals surface area (Å²) in [6, 6.07) is 10.4. The molecule has 4 heteroatoms. The molecule has 1 aromatic carbocycles. The van der Waals surface area contributed by atoms with Crippen molar-refractivity contribution in [2.45, 2.75) is 45.4 Å². The fourth-order valence-electron chi connectivity index (χ4n) is 3.39. The molecule has 1 amide bonds. The maximum Gasteiger partial charge on any atom is 0.272 e. The molecule has 0 spiro atoms. The van der Waals surface area contributed by atoms with Gasteiger partial charge < -0.3 is 5.32 Å². The van der Waals surface area contributed by atoms with Gasteiger partial charge in [0.25, 0.3) is 5.91 Å². The molecular formula is C19H25N3O. The van der Waals surface area contributed by atoms with Crippen LogP contribution in [0.15, 0.2) is 30.3 Å². The number of hydrogen-bond acceptors (Lipinski definition) is 2. The first-order valence-electron chi connectivity index (χ1n) is 8.56. The molecule has 0 saturated heterocycles. The van der Waals surface area contributed by atoms with E-state index >= 15 is 0 Å². The Morgan fingerprint density at radius 2 is 1.96 bits per heavy atom. The molecule has 1 aliphatic carbocycles. The molecular weight excluding hydrogens is 286 g/mol. The minimum atomic E-state index is -0.0500. The number of amides is 1. The number of aromatic nitrogens is 2. The van der Waals surface area contributed by atoms with Crippen LogP contribution in [0.3, 0.4) is 0 Å². The van der Waals surface area contributed by atoms with E-state index in [2.05, 4.69) is 53.6 Å². The summed E-state index contributed by atoms with van der Waals surface area (Å²) in [5.74, 6) is 0.728. The van der Waals surface area contributed by atoms with Crippen LogP contribution in [0.1, 0.15) is 59.9 Å². The third-order valence-corrected chi connectivity index (χ3v) is 4.79. The Kier molecular flexibility index (Phi) is 4.79. The highest BCUT2D eigenvalue weighted by Crippen LogP contribution is 2.24. The van der Waals surface area contributed by atoms with Gasteiger partial charge in [-0.05, 0) is 37.2 Å². The van der Waals surface area contributed by atoms with Gasteiger partial charge in [0.1, 0.15) is 0 Å². The summed E-state index contributed by atoms with van der Waals surface area (Å²) in [7, 11) is 0. The molecule has 122 valence electrons. The maximum absolute atomic E-state index is 12.5. The number of benzene rings is 1. The quantitative estimate of drug-likeness (QED) is 0.888. The summed E-state index contributed by atoms with van der Waals surface area (Å²) in [6.45, 7) is 5.03. The number of aromatic amines is 1. The predicted octanol–water partition coefficient (Wildman–Crippen LogP) is 3.46. The Hall–Kier alpha value is -2.10. The Morgan fingerprint density at radius 1 is 1.22 bits per heavy atom. The summed E-state index contributed by atoms with van der Waals surface area (Å²) in [6.07, 6.45) is 4.29. The lowest BCUT2D eigenvalue weighted by molar-refractivity contribution is 0.0943. The van der Waals surface area contributed by atoms with Gasteiger partial charge in [0.05, 0.1) is 0 Å². The van der Waals surface area contributed by atoms with E-state index in [-0.39, 0.29) is 5.91 Å². The standard InChI is InChI=1S/C19H25N3O/c1-13(2)16(14-8-4-3-5-9-14)12-20-19(23)18-15-10-6-7-11-17(15)21-22-18/h3-5,8-9,13,16H,6-7,10-12H2,1-2H3,(H,20,23)(H,21,22). The number of carbonyl (C=O) groups excluding carboxylic acids is 1. The van der Waals surface area contributed by atoms with Crippen molar-refractivity contribution in [1.29, 1.82) is 0 Å². The maximum atomic E-state index is 12.5. The van der Waals surface area contributed by atoms with Crippen molar-refractivity contribution in [2.75, 3.05) is 6.54 Å². The minimum Gasteiger partial charge on any atom is -0.350 e. The van der Waals surface area contributed by atoms with E-state index in [1.165, 1.54) is 12.0 Å². The van der Waals surface area contributed by atoms with E-state index in [4.69, 9.17) is 0 Å². The molecule has 0 fully saturated rings. The van der Waals surface area contributed by atoms with Gasteiger partial charge in [-0.2, -0.15) is 5.10 Å². The number of H-pyrrole nitrogens is 1. The average Bonchev–Trinajstić information content (AvgIpc) is 2.99. The molecule has 23 heavy (non-hydrogen) atoms. The summed E-state index contributed by atoms with van der Waals surface area (Å²) >= 11 is 0. The van der Waals surface area contributed by atoms with Crippen molar-refractivity contribution in [3.63, 3.8) is 0 Å². The molecule has 1 unspecified atom stereocenters. The first kappa shape index (κ1) is 15.8. The van der Waals surface area contributed by atoms with Crippen molar-refractivity contribution in [3.05, 3.63) is 52.8 Å². The van der Waals surface area contributed by atoms with E-state index in [1.54, 1.807) is 0 Å². The number of fused-ring (bicyclic) bond motifs is 1. The number of rotatable bonds is 5. The predicted molar refractivity (Wildman–Crippen MR) is 91.6 cm³/mol. The number of hydrogen-bond donors (Lipinski definition) is 2. The number of nitrogens with one attached hydrogen (secondary N) is 2. The Bertz CT molecular complexity index is 661. The van der Waals surface area contributed by atoms with E-state index in [9.17, 15) is 4.79 Å². The van der Waals surface area contributed by atoms with Crippen LogP contribution in [0, 0.1) is 5.92 Å². The average molecular weight is 311 g/mol. The molecule has 2 N–H and O–H groups in total. The zero-order chi connectivity index (χ0) is 16.2. The number of nitrogens with zero attached hydrogens (tertiary/aromatic N) is 1. The van der Waals surface area contributed by atoms with Crippen molar-refractivity contribution < 1.29 is 4.79 Å². The van der Waals surface area contributed by atoms with Gasteiger partial charge in [-0.25, -0.2) is 0 Å². The smallest absolute Gasteiger partial charge is 0.272 e. The van der Waals surface area contributed by atoms with Crippen LogP contribution in [0.5, 0.6) is 0 Å². The van der Waals surface area contributed by atoms with E-state index < -0.39 is 0 Å². The van der Waals surface area contributed by atoms with Crippen LogP contribution in [-0.4, -0.2) is 22.6 Å². The molecule has 2 aromatic rings. The van der Waals surface area contributed by atoms with Gasteiger partial charge in [0.15, 0.2) is 5.69 Å². The fraction of sp³-hybridized carbons (Fsp3) is 0.474. The highest BCUT2D eigenvalue weighted by Gasteiger charge is 2.23. The second-order valence-corrected chi connectivity index (χ2v) is 6.71. The lowest BCUT2D eigenvalue weighted by Crippen LogP contribution is -2.31. The van der Waals surface area contributed by atoms with Crippen LogP contribution in [0.2, 0.25) is 0 Å². The monoisotopic (exact) mass is 311 g/mol. The lowest BCUT2D eigenvalue weighted by Gasteiger charge is -2.22. The Balaban J connectivity index is 1.69. The molecule has 0 saturated carbocycles. The second-order valence-electron chi connectivity index (χ2n) is 6.71. The summed E-state index contributed by atoms with van der Waals surface area (Å²) in [5, 5.41) is 10.4. The zero-order valence-corrected chi connectivity index (χ0v) is 13.9. The summed E-state index contributed by atoms with van der Waals surface area (Å²) in [5.41, 5.74) is 4.13. The number of aryl methyl sites for hydroxylation is 1. The topological polar surface area (TPSA) is 57.8 Å². The van der Waals surface area contributed by atoms with E-state index in [1.807, 2.05) is 6.07 Å². The van der Waals surface area contributed by atoms with Crippen LogP contribution in [-0.2, 0) is 12.8 Å². The third-order valence-electron chi connectivity index (χ3n) is 4.79. The van der Waals surface area contributed by atoms with Gasteiger partial charge in [0.2, 0.25) is 0 Å². The molecule has 0 aliphatic heterocycles. The van der Waals surface area contributed by atoms with Crippen LogP contribution in [0.25, 0.3) is 0 Å². The van der Waals surface area contributed by atoms with Gasteiger partial charge in [-0.1, -0.05) is 44.2 Å². The fourth-order valence-corrected chi connectivity index (χ4v) is 3.39. The molecule has 1 aliphatic rings. The first-order chi connectivity index (χ1) is 11.2. The number of carbonyl (C=O) groups is 1. The molecule has 0 bridgehead atoms.